The van der Waals surface area contributed by atoms with Crippen LogP contribution in [0.25, 0.3) is 0 Å². The molecule has 2 aliphatic rings. The summed E-state index contributed by atoms with van der Waals surface area (Å²) < 4.78 is 28.1. The number of dihydropyridines is 1. The van der Waals surface area contributed by atoms with Gasteiger partial charge in [0.2, 0.25) is 0 Å². The Morgan fingerprint density at radius 3 is 2.29 bits per heavy atom. The van der Waals surface area contributed by atoms with Crippen molar-refractivity contribution in [3.05, 3.63) is 106 Å². The molecule has 2 atom stereocenters. The number of para-hydroxylation sites is 2. The number of benzene rings is 3. The number of carbonyl (C=O) groups excluding carboxylic acids is 2. The highest BCUT2D eigenvalue weighted by Crippen LogP contribution is 2.49. The van der Waals surface area contributed by atoms with E-state index in [2.05, 4.69) is 5.32 Å². The van der Waals surface area contributed by atoms with Crippen molar-refractivity contribution >= 4 is 11.8 Å². The van der Waals surface area contributed by atoms with Gasteiger partial charge in [-0.1, -0.05) is 42.5 Å². The second kappa shape index (κ2) is 12.9. The predicted octanol–water partition coefficient (Wildman–Crippen LogP) is 5.70. The van der Waals surface area contributed by atoms with Crippen molar-refractivity contribution in [2.45, 2.75) is 31.6 Å². The Morgan fingerprint density at radius 2 is 1.60 bits per heavy atom. The smallest absolute Gasteiger partial charge is 0.336 e. The normalized spacial score (nSPS) is 18.1. The third kappa shape index (κ3) is 5.84. The molecule has 1 heterocycles. The van der Waals surface area contributed by atoms with Crippen LogP contribution >= 0.6 is 0 Å². The molecule has 5 rings (SSSR count). The third-order valence-electron chi connectivity index (χ3n) is 7.71. The van der Waals surface area contributed by atoms with E-state index >= 15 is 0 Å². The summed E-state index contributed by atoms with van der Waals surface area (Å²) in [6.07, 6.45) is 0.919. The topological polar surface area (TPSA) is 92.3 Å². The minimum atomic E-state index is -0.696. The van der Waals surface area contributed by atoms with Crippen molar-refractivity contribution in [3.63, 3.8) is 0 Å². The van der Waals surface area contributed by atoms with Crippen LogP contribution in [-0.2, 0) is 14.3 Å². The molecule has 3 aromatic carbocycles. The maximum Gasteiger partial charge on any atom is 0.336 e. The minimum Gasteiger partial charge on any atom is -0.497 e. The fraction of sp³-hybridized carbons (Fsp3) is 0.294. The van der Waals surface area contributed by atoms with E-state index in [-0.39, 0.29) is 24.9 Å². The average molecular weight is 570 g/mol. The molecule has 0 unspecified atom stereocenters. The Balaban J connectivity index is 1.48. The monoisotopic (exact) mass is 569 g/mol. The van der Waals surface area contributed by atoms with Crippen LogP contribution in [-0.4, -0.2) is 46.3 Å². The van der Waals surface area contributed by atoms with Crippen molar-refractivity contribution in [2.75, 3.05) is 34.5 Å². The van der Waals surface area contributed by atoms with E-state index in [0.717, 1.165) is 17.0 Å². The molecule has 0 saturated heterocycles. The van der Waals surface area contributed by atoms with Crippen LogP contribution in [0, 0.1) is 0 Å². The molecule has 0 amide bonds. The largest absolute Gasteiger partial charge is 0.497 e. The molecule has 8 heteroatoms. The molecule has 1 N–H and O–H groups in total. The number of hydrogen-bond donors (Lipinski definition) is 1. The molecule has 218 valence electrons. The third-order valence-corrected chi connectivity index (χ3v) is 7.71. The molecule has 8 nitrogen and oxygen atoms in total. The number of nitrogens with one attached hydrogen (secondary N) is 1. The Labute approximate surface area is 245 Å². The highest BCUT2D eigenvalue weighted by molar-refractivity contribution is 6.04. The lowest BCUT2D eigenvalue weighted by Gasteiger charge is -2.37. The van der Waals surface area contributed by atoms with Crippen molar-refractivity contribution in [1.29, 1.82) is 0 Å². The summed E-state index contributed by atoms with van der Waals surface area (Å²) in [5.74, 6) is 1.16. The van der Waals surface area contributed by atoms with Crippen LogP contribution in [0.5, 0.6) is 23.0 Å². The molecule has 3 aromatic rings. The fourth-order valence-electron chi connectivity index (χ4n) is 5.76. The maximum absolute atomic E-state index is 14.0. The molecular weight excluding hydrogens is 534 g/mol. The number of rotatable bonds is 10. The summed E-state index contributed by atoms with van der Waals surface area (Å²) in [6, 6.07) is 22.6. The summed E-state index contributed by atoms with van der Waals surface area (Å²) in [5.41, 5.74) is 4.04. The molecule has 0 aromatic heterocycles. The summed E-state index contributed by atoms with van der Waals surface area (Å²) in [5, 5.41) is 3.39. The van der Waals surface area contributed by atoms with Crippen LogP contribution in [0.15, 0.2) is 95.3 Å². The fourth-order valence-corrected chi connectivity index (χ4v) is 5.76. The van der Waals surface area contributed by atoms with E-state index in [0.29, 0.717) is 52.5 Å². The average Bonchev–Trinajstić information content (AvgIpc) is 3.02. The molecule has 0 bridgehead atoms. The van der Waals surface area contributed by atoms with Gasteiger partial charge >= 0.3 is 5.97 Å². The summed E-state index contributed by atoms with van der Waals surface area (Å²) in [4.78, 5) is 27.7. The Hall–Kier alpha value is -4.72. The molecule has 1 aliphatic heterocycles. The molecular formula is C34H35NO7. The van der Waals surface area contributed by atoms with E-state index in [1.165, 1.54) is 0 Å². The SMILES string of the molecule is COc1ccc([C@H]2CC(=O)C3=C(C2)NC(C)=C(C(=O)OCCOc2ccccc2)[C@H]3c2cccc(OC)c2OC)cc1. The van der Waals surface area contributed by atoms with Crippen molar-refractivity contribution in [2.24, 2.45) is 0 Å². The second-order valence-electron chi connectivity index (χ2n) is 10.2. The summed E-state index contributed by atoms with van der Waals surface area (Å²) >= 11 is 0. The van der Waals surface area contributed by atoms with Crippen molar-refractivity contribution in [1.82, 2.24) is 5.32 Å². The van der Waals surface area contributed by atoms with Crippen molar-refractivity contribution in [3.8, 4) is 23.0 Å². The van der Waals surface area contributed by atoms with Gasteiger partial charge in [0.1, 0.15) is 24.7 Å². The predicted molar refractivity (Wildman–Crippen MR) is 158 cm³/mol. The number of hydrogen-bond acceptors (Lipinski definition) is 8. The van der Waals surface area contributed by atoms with Gasteiger partial charge in [-0.2, -0.15) is 0 Å². The number of esters is 1. The van der Waals surface area contributed by atoms with E-state index in [1.807, 2.05) is 73.7 Å². The lowest BCUT2D eigenvalue weighted by atomic mass is 9.71. The number of Topliss-reactive ketones (excluding diaryl/α,β-unsaturated/α-hetero) is 1. The zero-order valence-electron chi connectivity index (χ0n) is 24.3. The highest BCUT2D eigenvalue weighted by Gasteiger charge is 2.43. The van der Waals surface area contributed by atoms with Gasteiger partial charge in [-0.25, -0.2) is 4.79 Å². The lowest BCUT2D eigenvalue weighted by Crippen LogP contribution is -2.36. The van der Waals surface area contributed by atoms with E-state index in [9.17, 15) is 9.59 Å². The zero-order chi connectivity index (χ0) is 29.6. The van der Waals surface area contributed by atoms with Gasteiger partial charge in [0.15, 0.2) is 17.3 Å². The van der Waals surface area contributed by atoms with Crippen LogP contribution < -0.4 is 24.3 Å². The molecule has 0 radical (unpaired) electrons. The first-order valence-electron chi connectivity index (χ1n) is 13.9. The van der Waals surface area contributed by atoms with E-state index < -0.39 is 11.9 Å². The van der Waals surface area contributed by atoms with Gasteiger partial charge in [-0.15, -0.1) is 0 Å². The lowest BCUT2D eigenvalue weighted by molar-refractivity contribution is -0.140. The summed E-state index contributed by atoms with van der Waals surface area (Å²) in [6.45, 7) is 2.08. The Morgan fingerprint density at radius 1 is 0.833 bits per heavy atom. The van der Waals surface area contributed by atoms with Gasteiger partial charge in [-0.05, 0) is 55.2 Å². The van der Waals surface area contributed by atoms with Crippen LogP contribution in [0.4, 0.5) is 0 Å². The van der Waals surface area contributed by atoms with E-state index in [4.69, 9.17) is 23.7 Å². The Bertz CT molecular complexity index is 1510. The number of ether oxygens (including phenoxy) is 5. The van der Waals surface area contributed by atoms with E-state index in [1.54, 1.807) is 27.4 Å². The van der Waals surface area contributed by atoms with Gasteiger partial charge in [0.05, 0.1) is 32.8 Å². The first-order chi connectivity index (χ1) is 20.4. The van der Waals surface area contributed by atoms with Gasteiger partial charge in [0, 0.05) is 29.0 Å². The minimum absolute atomic E-state index is 0.0149. The Kier molecular flexibility index (Phi) is 8.81. The van der Waals surface area contributed by atoms with Gasteiger partial charge < -0.3 is 29.0 Å². The highest BCUT2D eigenvalue weighted by atomic mass is 16.6. The number of carbonyl (C=O) groups is 2. The van der Waals surface area contributed by atoms with Crippen molar-refractivity contribution < 1.29 is 33.3 Å². The zero-order valence-corrected chi connectivity index (χ0v) is 24.3. The number of methoxy groups -OCH3 is 3. The first-order valence-corrected chi connectivity index (χ1v) is 13.9. The van der Waals surface area contributed by atoms with Gasteiger partial charge in [-0.3, -0.25) is 4.79 Å². The number of ketones is 1. The second-order valence-corrected chi connectivity index (χ2v) is 10.2. The maximum atomic E-state index is 14.0. The molecule has 1 aliphatic carbocycles. The molecule has 0 fully saturated rings. The molecule has 0 spiro atoms. The van der Waals surface area contributed by atoms with Gasteiger partial charge in [0.25, 0.3) is 0 Å². The van der Waals surface area contributed by atoms with Crippen LogP contribution in [0.1, 0.15) is 42.7 Å². The number of allylic oxidation sites excluding steroid dienone is 3. The molecule has 0 saturated carbocycles. The van der Waals surface area contributed by atoms with Crippen LogP contribution in [0.3, 0.4) is 0 Å². The summed E-state index contributed by atoms with van der Waals surface area (Å²) in [7, 11) is 4.74. The molecule has 42 heavy (non-hydrogen) atoms. The quantitative estimate of drug-likeness (QED) is 0.246. The van der Waals surface area contributed by atoms with Crippen LogP contribution in [0.2, 0.25) is 0 Å². The first kappa shape index (κ1) is 28.8. The standard InChI is InChI=1S/C34H35NO7/c1-21-30(34(37)42-18-17-41-25-9-6-5-7-10-25)31(26-11-8-12-29(39-3)33(26)40-4)32-27(35-21)19-23(20-28(32)36)22-13-15-24(38-2)16-14-22/h5-16,23,31,35H,17-20H2,1-4H3/t23-,31-/m1/s1.